The zero-order valence-electron chi connectivity index (χ0n) is 19.1. The normalized spacial score (nSPS) is 19.4. The maximum Gasteiger partial charge on any atom is 0.330 e. The highest BCUT2D eigenvalue weighted by Gasteiger charge is 2.31. The Bertz CT molecular complexity index is 1150. The number of hydrogen-bond acceptors (Lipinski definition) is 4. The molecule has 1 aliphatic heterocycles. The van der Waals surface area contributed by atoms with Gasteiger partial charge < -0.3 is 9.64 Å². The van der Waals surface area contributed by atoms with E-state index in [0.29, 0.717) is 25.6 Å². The number of likely N-dealkylation sites (tertiary alicyclic amines) is 1. The van der Waals surface area contributed by atoms with Gasteiger partial charge in [-0.3, -0.25) is 13.9 Å². The molecule has 5 rings (SSSR count). The van der Waals surface area contributed by atoms with Crippen LogP contribution in [0.5, 0.6) is 0 Å². The Hall–Kier alpha value is -2.93. The first-order valence-electron chi connectivity index (χ1n) is 12.2. The first-order chi connectivity index (χ1) is 16.2. The molecular formula is C26H32N4O3. The number of carbonyl (C=O) groups is 1. The van der Waals surface area contributed by atoms with Gasteiger partial charge in [-0.05, 0) is 42.9 Å². The van der Waals surface area contributed by atoms with Crippen molar-refractivity contribution in [3.8, 4) is 0 Å². The van der Waals surface area contributed by atoms with Crippen LogP contribution >= 0.6 is 0 Å². The molecule has 0 radical (unpaired) electrons. The van der Waals surface area contributed by atoms with Crippen LogP contribution in [0.25, 0.3) is 11.2 Å². The van der Waals surface area contributed by atoms with Gasteiger partial charge in [0.05, 0.1) is 18.2 Å². The summed E-state index contributed by atoms with van der Waals surface area (Å²) in [5.41, 5.74) is 2.70. The fourth-order valence-electron chi connectivity index (χ4n) is 5.34. The quantitative estimate of drug-likeness (QED) is 0.552. The molecule has 0 bridgehead atoms. The lowest BCUT2D eigenvalue weighted by molar-refractivity contribution is -0.135. The van der Waals surface area contributed by atoms with Gasteiger partial charge in [-0.15, -0.1) is 0 Å². The number of ether oxygens (including phenoxy) is 1. The summed E-state index contributed by atoms with van der Waals surface area (Å²) in [6, 6.07) is 13.7. The number of benzene rings is 1. The number of rotatable bonds is 7. The first kappa shape index (κ1) is 21.9. The van der Waals surface area contributed by atoms with Gasteiger partial charge in [-0.25, -0.2) is 9.78 Å². The molecule has 1 atom stereocenters. The number of hydrogen-bond donors (Lipinski definition) is 0. The largest absolute Gasteiger partial charge is 0.367 e. The summed E-state index contributed by atoms with van der Waals surface area (Å²) in [7, 11) is 0. The third-order valence-corrected chi connectivity index (χ3v) is 7.11. The van der Waals surface area contributed by atoms with Gasteiger partial charge in [-0.2, -0.15) is 0 Å². The average molecular weight is 449 g/mol. The number of imidazole rings is 1. The molecule has 1 saturated carbocycles. The lowest BCUT2D eigenvalue weighted by Crippen LogP contribution is -2.34. The molecular weight excluding hydrogens is 416 g/mol. The SMILES string of the molecule is O=C(COCc1ccccc1)N1CC[C@@H](n2c(=O)n(CC3CCCCC3)c3cccnc32)C1. The van der Waals surface area contributed by atoms with E-state index in [1.54, 1.807) is 6.20 Å². The minimum atomic E-state index is -0.0550. The third kappa shape index (κ3) is 4.74. The standard InChI is InChI=1S/C26H32N4O3/c31-24(19-33-18-21-10-5-2-6-11-21)28-15-13-22(17-28)30-25-23(12-7-14-27-25)29(26(30)32)16-20-8-3-1-4-9-20/h2,5-7,10-12,14,20,22H,1,3-4,8-9,13,15-19H2/t22-/m1/s1. The Kier molecular flexibility index (Phi) is 6.58. The van der Waals surface area contributed by atoms with E-state index in [2.05, 4.69) is 4.98 Å². The lowest BCUT2D eigenvalue weighted by Gasteiger charge is -2.21. The minimum absolute atomic E-state index is 0.00824. The van der Waals surface area contributed by atoms with Crippen molar-refractivity contribution in [2.75, 3.05) is 19.7 Å². The van der Waals surface area contributed by atoms with Crippen molar-refractivity contribution >= 4 is 17.1 Å². The first-order valence-corrected chi connectivity index (χ1v) is 12.2. The fraction of sp³-hybridized carbons (Fsp3) is 0.500. The number of pyridine rings is 1. The van der Waals surface area contributed by atoms with Crippen molar-refractivity contribution in [2.24, 2.45) is 5.92 Å². The van der Waals surface area contributed by atoms with Gasteiger partial charge in [-0.1, -0.05) is 49.6 Å². The summed E-state index contributed by atoms with van der Waals surface area (Å²) in [6.07, 6.45) is 8.69. The van der Waals surface area contributed by atoms with E-state index in [-0.39, 0.29) is 24.2 Å². The highest BCUT2D eigenvalue weighted by atomic mass is 16.5. The van der Waals surface area contributed by atoms with Crippen LogP contribution in [0, 0.1) is 5.92 Å². The van der Waals surface area contributed by atoms with E-state index in [1.807, 2.05) is 56.5 Å². The Morgan fingerprint density at radius 3 is 2.67 bits per heavy atom. The number of fused-ring (bicyclic) bond motifs is 1. The van der Waals surface area contributed by atoms with E-state index < -0.39 is 0 Å². The second-order valence-electron chi connectivity index (χ2n) is 9.37. The van der Waals surface area contributed by atoms with Crippen molar-refractivity contribution in [2.45, 2.75) is 57.7 Å². The molecule has 1 saturated heterocycles. The van der Waals surface area contributed by atoms with E-state index in [9.17, 15) is 9.59 Å². The molecule has 7 nitrogen and oxygen atoms in total. The van der Waals surface area contributed by atoms with E-state index in [4.69, 9.17) is 4.74 Å². The molecule has 0 N–H and O–H groups in total. The smallest absolute Gasteiger partial charge is 0.330 e. The molecule has 1 aliphatic carbocycles. The molecule has 174 valence electrons. The van der Waals surface area contributed by atoms with Crippen molar-refractivity contribution in [3.63, 3.8) is 0 Å². The fourth-order valence-corrected chi connectivity index (χ4v) is 5.34. The van der Waals surface area contributed by atoms with E-state index in [1.165, 1.54) is 32.1 Å². The van der Waals surface area contributed by atoms with Crippen LogP contribution in [0.3, 0.4) is 0 Å². The summed E-state index contributed by atoms with van der Waals surface area (Å²) >= 11 is 0. The van der Waals surface area contributed by atoms with Gasteiger partial charge in [0.25, 0.3) is 0 Å². The summed E-state index contributed by atoms with van der Waals surface area (Å²) < 4.78 is 9.39. The number of amides is 1. The summed E-state index contributed by atoms with van der Waals surface area (Å²) in [4.78, 5) is 32.6. The molecule has 0 unspecified atom stereocenters. The Labute approximate surface area is 194 Å². The molecule has 3 aromatic rings. The Morgan fingerprint density at radius 1 is 1.03 bits per heavy atom. The molecule has 33 heavy (non-hydrogen) atoms. The monoisotopic (exact) mass is 448 g/mol. The summed E-state index contributed by atoms with van der Waals surface area (Å²) in [5, 5.41) is 0. The van der Waals surface area contributed by atoms with Gasteiger partial charge >= 0.3 is 5.69 Å². The van der Waals surface area contributed by atoms with Crippen LogP contribution in [-0.4, -0.2) is 44.6 Å². The van der Waals surface area contributed by atoms with Crippen molar-refractivity contribution in [1.29, 1.82) is 0 Å². The van der Waals surface area contributed by atoms with Crippen LogP contribution in [0.4, 0.5) is 0 Å². The molecule has 0 spiro atoms. The topological polar surface area (TPSA) is 69.4 Å². The van der Waals surface area contributed by atoms with Crippen LogP contribution in [-0.2, 0) is 22.7 Å². The predicted molar refractivity (Wildman–Crippen MR) is 127 cm³/mol. The van der Waals surface area contributed by atoms with Crippen LogP contribution in [0.1, 0.15) is 50.1 Å². The van der Waals surface area contributed by atoms with Gasteiger partial charge in [0, 0.05) is 25.8 Å². The predicted octanol–water partition coefficient (Wildman–Crippen LogP) is 3.77. The molecule has 2 aliphatic rings. The van der Waals surface area contributed by atoms with Gasteiger partial charge in [0.2, 0.25) is 5.91 Å². The second-order valence-corrected chi connectivity index (χ2v) is 9.37. The Balaban J connectivity index is 1.28. The second kappa shape index (κ2) is 9.91. The average Bonchev–Trinajstić information content (AvgIpc) is 3.44. The molecule has 1 aromatic carbocycles. The van der Waals surface area contributed by atoms with Crippen molar-refractivity contribution < 1.29 is 9.53 Å². The molecule has 1 amide bonds. The molecule has 3 heterocycles. The maximum absolute atomic E-state index is 13.5. The van der Waals surface area contributed by atoms with E-state index in [0.717, 1.165) is 29.7 Å². The number of nitrogens with zero attached hydrogens (tertiary/aromatic N) is 4. The molecule has 2 fully saturated rings. The maximum atomic E-state index is 13.5. The summed E-state index contributed by atoms with van der Waals surface area (Å²) in [6.45, 7) is 2.39. The van der Waals surface area contributed by atoms with Crippen molar-refractivity contribution in [3.05, 3.63) is 64.7 Å². The van der Waals surface area contributed by atoms with Crippen LogP contribution in [0.15, 0.2) is 53.5 Å². The highest BCUT2D eigenvalue weighted by molar-refractivity contribution is 5.78. The molecule has 2 aromatic heterocycles. The Morgan fingerprint density at radius 2 is 1.85 bits per heavy atom. The molecule has 7 heteroatoms. The van der Waals surface area contributed by atoms with Gasteiger partial charge in [0.1, 0.15) is 6.61 Å². The van der Waals surface area contributed by atoms with Crippen LogP contribution < -0.4 is 5.69 Å². The minimum Gasteiger partial charge on any atom is -0.367 e. The van der Waals surface area contributed by atoms with Crippen LogP contribution in [0.2, 0.25) is 0 Å². The van der Waals surface area contributed by atoms with Gasteiger partial charge in [0.15, 0.2) is 5.65 Å². The lowest BCUT2D eigenvalue weighted by atomic mass is 9.89. The zero-order chi connectivity index (χ0) is 22.6. The summed E-state index contributed by atoms with van der Waals surface area (Å²) in [5.74, 6) is 0.527. The number of carbonyl (C=O) groups excluding carboxylic acids is 1. The third-order valence-electron chi connectivity index (χ3n) is 7.11. The number of aromatic nitrogens is 3. The zero-order valence-corrected chi connectivity index (χ0v) is 19.1. The highest BCUT2D eigenvalue weighted by Crippen LogP contribution is 2.28. The van der Waals surface area contributed by atoms with E-state index >= 15 is 0 Å². The van der Waals surface area contributed by atoms with Crippen molar-refractivity contribution in [1.82, 2.24) is 19.0 Å².